The van der Waals surface area contributed by atoms with Crippen molar-refractivity contribution in [1.29, 1.82) is 0 Å². The molecule has 2 saturated heterocycles. The number of carbonyl (C=O) groups excluding carboxylic acids is 3. The molecule has 0 bridgehead atoms. The van der Waals surface area contributed by atoms with Crippen LogP contribution in [-0.4, -0.2) is 76.9 Å². The highest BCUT2D eigenvalue weighted by molar-refractivity contribution is 8.00. The lowest BCUT2D eigenvalue weighted by atomic mass is 10.0. The molecule has 1 atom stereocenters. The van der Waals surface area contributed by atoms with E-state index in [4.69, 9.17) is 9.47 Å². The summed E-state index contributed by atoms with van der Waals surface area (Å²) < 4.78 is 23.8. The van der Waals surface area contributed by atoms with Crippen LogP contribution in [0.15, 0.2) is 35.4 Å². The minimum absolute atomic E-state index is 0.00602. The predicted octanol–water partition coefficient (Wildman–Crippen LogP) is 2.84. The first-order valence-corrected chi connectivity index (χ1v) is 11.5. The number of fused-ring (bicyclic) bond motifs is 1. The molecular weight excluding hydrogens is 437 g/mol. The minimum atomic E-state index is -0.731. The van der Waals surface area contributed by atoms with Crippen LogP contribution in [0, 0.1) is 5.82 Å². The molecule has 0 spiro atoms. The predicted molar refractivity (Wildman–Crippen MR) is 116 cm³/mol. The van der Waals surface area contributed by atoms with Crippen molar-refractivity contribution >= 4 is 40.6 Å². The van der Waals surface area contributed by atoms with Crippen molar-refractivity contribution in [1.82, 2.24) is 14.8 Å². The number of piperidine rings is 1. The third-order valence-corrected chi connectivity index (χ3v) is 6.75. The van der Waals surface area contributed by atoms with Crippen molar-refractivity contribution in [3.8, 4) is 0 Å². The highest BCUT2D eigenvalue weighted by Crippen LogP contribution is 2.29. The molecule has 32 heavy (non-hydrogen) atoms. The van der Waals surface area contributed by atoms with E-state index in [9.17, 15) is 18.8 Å². The van der Waals surface area contributed by atoms with Gasteiger partial charge in [0.25, 0.3) is 0 Å². The Balaban J connectivity index is 1.34. The van der Waals surface area contributed by atoms with E-state index in [1.165, 1.54) is 28.8 Å². The molecule has 0 saturated carbocycles. The van der Waals surface area contributed by atoms with E-state index in [-0.39, 0.29) is 36.7 Å². The number of hydrogen-bond donors (Lipinski definition) is 0. The number of nitrogens with zero attached hydrogens (tertiary/aromatic N) is 3. The topological polar surface area (TPSA) is 89.0 Å². The fraction of sp³-hybridized carbons (Fsp3) is 0.455. The van der Waals surface area contributed by atoms with Crippen molar-refractivity contribution in [2.45, 2.75) is 36.7 Å². The van der Waals surface area contributed by atoms with Crippen LogP contribution in [0.2, 0.25) is 0 Å². The van der Waals surface area contributed by atoms with Crippen molar-refractivity contribution in [2.75, 3.05) is 32.1 Å². The quantitative estimate of drug-likeness (QED) is 0.483. The molecule has 2 aromatic rings. The van der Waals surface area contributed by atoms with E-state index in [0.717, 1.165) is 4.90 Å². The summed E-state index contributed by atoms with van der Waals surface area (Å²) in [4.78, 5) is 45.4. The molecule has 0 aliphatic carbocycles. The molecule has 10 heteroatoms. The summed E-state index contributed by atoms with van der Waals surface area (Å²) in [5, 5.41) is 0.682. The number of benzene rings is 1. The second-order valence-corrected chi connectivity index (χ2v) is 8.64. The molecule has 2 aliphatic rings. The van der Waals surface area contributed by atoms with Gasteiger partial charge in [0.15, 0.2) is 6.04 Å². The Labute approximate surface area is 189 Å². The molecule has 0 N–H and O–H groups in total. The van der Waals surface area contributed by atoms with Gasteiger partial charge in [0.1, 0.15) is 12.4 Å². The van der Waals surface area contributed by atoms with Gasteiger partial charge in [0, 0.05) is 35.6 Å². The molecule has 0 radical (unpaired) electrons. The summed E-state index contributed by atoms with van der Waals surface area (Å²) in [7, 11) is 0. The maximum atomic E-state index is 13.6. The Morgan fingerprint density at radius 3 is 2.81 bits per heavy atom. The number of ether oxygens (including phenoxy) is 2. The van der Waals surface area contributed by atoms with Crippen LogP contribution in [0.4, 0.5) is 9.18 Å². The summed E-state index contributed by atoms with van der Waals surface area (Å²) in [5.74, 6) is -0.616. The molecule has 4 rings (SSSR count). The minimum Gasteiger partial charge on any atom is -0.464 e. The van der Waals surface area contributed by atoms with E-state index >= 15 is 0 Å². The summed E-state index contributed by atoms with van der Waals surface area (Å²) >= 11 is 1.35. The lowest BCUT2D eigenvalue weighted by molar-refractivity contribution is -0.148. The molecular formula is C22H24FN3O5S. The van der Waals surface area contributed by atoms with Crippen LogP contribution in [-0.2, 0) is 19.1 Å². The molecule has 1 aromatic carbocycles. The number of aromatic nitrogens is 1. The van der Waals surface area contributed by atoms with Crippen LogP contribution in [0.3, 0.4) is 0 Å². The average molecular weight is 462 g/mol. The van der Waals surface area contributed by atoms with Crippen molar-refractivity contribution in [3.63, 3.8) is 0 Å². The summed E-state index contributed by atoms with van der Waals surface area (Å²) in [6.07, 6.45) is 2.25. The smallest absolute Gasteiger partial charge is 0.410 e. The van der Waals surface area contributed by atoms with E-state index < -0.39 is 18.1 Å². The first-order chi connectivity index (χ1) is 15.5. The largest absolute Gasteiger partial charge is 0.464 e. The SMILES string of the molecule is CCOC(=O)[C@@H]1COC(=O)N1C1CCN(C(=O)CSc2ccnc3ccc(F)cc23)CC1. The van der Waals surface area contributed by atoms with Crippen LogP contribution < -0.4 is 0 Å². The zero-order chi connectivity index (χ0) is 22.7. The Morgan fingerprint density at radius 1 is 1.28 bits per heavy atom. The van der Waals surface area contributed by atoms with E-state index in [1.807, 2.05) is 0 Å². The second kappa shape index (κ2) is 9.72. The Bertz CT molecular complexity index is 1030. The lowest BCUT2D eigenvalue weighted by Gasteiger charge is -2.37. The van der Waals surface area contributed by atoms with Gasteiger partial charge in [-0.3, -0.25) is 14.7 Å². The molecule has 3 heterocycles. The standard InChI is InChI=1S/C22H24FN3O5S/c1-2-30-21(28)18-12-31-22(29)26(18)15-6-9-25(10-7-15)20(27)13-32-19-5-8-24-17-4-3-14(23)11-16(17)19/h3-5,8,11,15,18H,2,6-7,9-10,12-13H2,1H3/t18-/m0/s1. The first kappa shape index (κ1) is 22.3. The number of halogens is 1. The van der Waals surface area contributed by atoms with Crippen LogP contribution >= 0.6 is 11.8 Å². The van der Waals surface area contributed by atoms with E-state index in [2.05, 4.69) is 4.98 Å². The fourth-order valence-electron chi connectivity index (χ4n) is 4.10. The highest BCUT2D eigenvalue weighted by Gasteiger charge is 2.44. The third kappa shape index (κ3) is 4.64. The van der Waals surface area contributed by atoms with E-state index in [0.29, 0.717) is 36.8 Å². The number of hydrogen-bond acceptors (Lipinski definition) is 7. The van der Waals surface area contributed by atoms with Crippen LogP contribution in [0.25, 0.3) is 10.9 Å². The highest BCUT2D eigenvalue weighted by atomic mass is 32.2. The van der Waals surface area contributed by atoms with Gasteiger partial charge in [0.05, 0.1) is 17.9 Å². The van der Waals surface area contributed by atoms with Gasteiger partial charge in [-0.05, 0) is 44.0 Å². The number of cyclic esters (lactones) is 1. The van der Waals surface area contributed by atoms with Gasteiger partial charge in [-0.1, -0.05) is 0 Å². The molecule has 1 aromatic heterocycles. The fourth-order valence-corrected chi connectivity index (χ4v) is 5.04. The number of esters is 1. The number of rotatable bonds is 6. The number of likely N-dealkylation sites (tertiary alicyclic amines) is 1. The molecule has 8 nitrogen and oxygen atoms in total. The summed E-state index contributed by atoms with van der Waals surface area (Å²) in [6, 6.07) is 5.28. The number of amides is 2. The number of carbonyl (C=O) groups is 3. The first-order valence-electron chi connectivity index (χ1n) is 10.5. The van der Waals surface area contributed by atoms with Crippen molar-refractivity contribution in [2.24, 2.45) is 0 Å². The molecule has 2 amide bonds. The number of thioether (sulfide) groups is 1. The van der Waals surface area contributed by atoms with Crippen molar-refractivity contribution < 1.29 is 28.2 Å². The Morgan fingerprint density at radius 2 is 2.06 bits per heavy atom. The Kier molecular flexibility index (Phi) is 6.78. The van der Waals surface area contributed by atoms with Gasteiger partial charge in [-0.15, -0.1) is 11.8 Å². The summed E-state index contributed by atoms with van der Waals surface area (Å²) in [5.41, 5.74) is 0.679. The maximum Gasteiger partial charge on any atom is 0.410 e. The molecule has 2 fully saturated rings. The van der Waals surface area contributed by atoms with Gasteiger partial charge >= 0.3 is 12.1 Å². The normalized spacial score (nSPS) is 19.3. The lowest BCUT2D eigenvalue weighted by Crippen LogP contribution is -2.52. The van der Waals surface area contributed by atoms with Crippen LogP contribution in [0.5, 0.6) is 0 Å². The average Bonchev–Trinajstić information content (AvgIpc) is 3.19. The zero-order valence-corrected chi connectivity index (χ0v) is 18.5. The molecule has 2 aliphatic heterocycles. The zero-order valence-electron chi connectivity index (χ0n) is 17.7. The summed E-state index contributed by atoms with van der Waals surface area (Å²) in [6.45, 7) is 2.91. The van der Waals surface area contributed by atoms with Crippen molar-refractivity contribution in [3.05, 3.63) is 36.3 Å². The van der Waals surface area contributed by atoms with Gasteiger partial charge in [0.2, 0.25) is 5.91 Å². The second-order valence-electron chi connectivity index (χ2n) is 7.62. The van der Waals surface area contributed by atoms with Crippen LogP contribution in [0.1, 0.15) is 19.8 Å². The molecule has 170 valence electrons. The number of pyridine rings is 1. The molecule has 0 unspecified atom stereocenters. The monoisotopic (exact) mass is 461 g/mol. The van der Waals surface area contributed by atoms with Gasteiger partial charge in [-0.2, -0.15) is 0 Å². The van der Waals surface area contributed by atoms with Gasteiger partial charge in [-0.25, -0.2) is 14.0 Å². The maximum absolute atomic E-state index is 13.6. The van der Waals surface area contributed by atoms with Gasteiger partial charge < -0.3 is 14.4 Å². The van der Waals surface area contributed by atoms with E-state index in [1.54, 1.807) is 30.2 Å². The third-order valence-electron chi connectivity index (χ3n) is 5.70. The Hall–Kier alpha value is -2.88.